The van der Waals surface area contributed by atoms with Crippen molar-refractivity contribution in [2.45, 2.75) is 39.5 Å². The maximum Gasteiger partial charge on any atom is 0.331 e. The van der Waals surface area contributed by atoms with Crippen LogP contribution in [0.25, 0.3) is 0 Å². The maximum atomic E-state index is 5.76. The summed E-state index contributed by atoms with van der Waals surface area (Å²) in [6, 6.07) is 0. The molecular weight excluding hydrogens is 168 g/mol. The normalized spacial score (nSPS) is 14.3. The highest BCUT2D eigenvalue weighted by Crippen LogP contribution is 2.11. The molecule has 0 aromatic rings. The van der Waals surface area contributed by atoms with Gasteiger partial charge in [-0.3, -0.25) is 0 Å². The zero-order valence-corrected chi connectivity index (χ0v) is 9.59. The molecule has 0 radical (unpaired) electrons. The van der Waals surface area contributed by atoms with Crippen LogP contribution in [0.1, 0.15) is 20.3 Å². The highest BCUT2D eigenvalue weighted by atomic mass is 28.4. The van der Waals surface area contributed by atoms with Gasteiger partial charge >= 0.3 is 8.56 Å². The molecule has 0 saturated carbocycles. The Kier molecular flexibility index (Phi) is 5.45. The van der Waals surface area contributed by atoms with E-state index >= 15 is 0 Å². The first-order valence-electron chi connectivity index (χ1n) is 4.44. The van der Waals surface area contributed by atoms with Crippen molar-refractivity contribution in [2.24, 2.45) is 0 Å². The zero-order chi connectivity index (χ0) is 9.61. The van der Waals surface area contributed by atoms with Gasteiger partial charge in [0.15, 0.2) is 0 Å². The van der Waals surface area contributed by atoms with Crippen molar-refractivity contribution >= 4 is 8.56 Å². The van der Waals surface area contributed by atoms with Crippen molar-refractivity contribution in [3.63, 3.8) is 0 Å². The van der Waals surface area contributed by atoms with Crippen LogP contribution in [0.3, 0.4) is 0 Å². The molecule has 0 aromatic heterocycles. The standard InChI is InChI=1S/C9H20O2Si/c1-6-8-9(3)11-12(4,5)10-7-2/h6,9H,1,7-8H2,2-5H3. The molecule has 12 heavy (non-hydrogen) atoms. The molecule has 72 valence electrons. The van der Waals surface area contributed by atoms with Gasteiger partial charge < -0.3 is 8.85 Å². The summed E-state index contributed by atoms with van der Waals surface area (Å²) in [5.74, 6) is 0. The van der Waals surface area contributed by atoms with Gasteiger partial charge in [0.25, 0.3) is 0 Å². The highest BCUT2D eigenvalue weighted by Gasteiger charge is 2.25. The van der Waals surface area contributed by atoms with Crippen LogP contribution in [-0.4, -0.2) is 21.3 Å². The minimum atomic E-state index is -1.85. The van der Waals surface area contributed by atoms with Gasteiger partial charge in [-0.15, -0.1) is 6.58 Å². The van der Waals surface area contributed by atoms with Gasteiger partial charge in [0.2, 0.25) is 0 Å². The van der Waals surface area contributed by atoms with E-state index in [0.29, 0.717) is 0 Å². The summed E-state index contributed by atoms with van der Waals surface area (Å²) in [6.07, 6.45) is 3.00. The molecule has 1 unspecified atom stereocenters. The third-order valence-electron chi connectivity index (χ3n) is 1.48. The molecular formula is C9H20O2Si. The molecule has 0 aliphatic rings. The van der Waals surface area contributed by atoms with E-state index in [-0.39, 0.29) is 6.10 Å². The number of hydrogen-bond donors (Lipinski definition) is 0. The zero-order valence-electron chi connectivity index (χ0n) is 8.59. The summed E-state index contributed by atoms with van der Waals surface area (Å²) in [4.78, 5) is 0. The highest BCUT2D eigenvalue weighted by molar-refractivity contribution is 6.64. The Morgan fingerprint density at radius 2 is 2.08 bits per heavy atom. The Balaban J connectivity index is 3.78. The molecule has 0 saturated heterocycles. The van der Waals surface area contributed by atoms with E-state index in [1.165, 1.54) is 0 Å². The van der Waals surface area contributed by atoms with Crippen molar-refractivity contribution < 1.29 is 8.85 Å². The lowest BCUT2D eigenvalue weighted by Gasteiger charge is -2.25. The van der Waals surface area contributed by atoms with Crippen LogP contribution >= 0.6 is 0 Å². The van der Waals surface area contributed by atoms with Crippen molar-refractivity contribution in [3.05, 3.63) is 12.7 Å². The van der Waals surface area contributed by atoms with E-state index in [1.807, 2.05) is 13.0 Å². The Morgan fingerprint density at radius 1 is 1.50 bits per heavy atom. The predicted molar refractivity (Wildman–Crippen MR) is 54.5 cm³/mol. The van der Waals surface area contributed by atoms with Crippen LogP contribution in [0.4, 0.5) is 0 Å². The topological polar surface area (TPSA) is 18.5 Å². The monoisotopic (exact) mass is 188 g/mol. The van der Waals surface area contributed by atoms with Crippen LogP contribution in [0.15, 0.2) is 12.7 Å². The van der Waals surface area contributed by atoms with Crippen LogP contribution in [0.5, 0.6) is 0 Å². The van der Waals surface area contributed by atoms with E-state index in [1.54, 1.807) is 0 Å². The first-order chi connectivity index (χ1) is 5.52. The van der Waals surface area contributed by atoms with Gasteiger partial charge in [-0.2, -0.15) is 0 Å². The van der Waals surface area contributed by atoms with E-state index in [9.17, 15) is 0 Å². The van der Waals surface area contributed by atoms with Crippen molar-refractivity contribution in [2.75, 3.05) is 6.61 Å². The Bertz CT molecular complexity index is 134. The Labute approximate surface area is 76.8 Å². The molecule has 0 amide bonds. The quantitative estimate of drug-likeness (QED) is 0.471. The van der Waals surface area contributed by atoms with E-state index in [0.717, 1.165) is 13.0 Å². The first kappa shape index (κ1) is 11.9. The first-order valence-corrected chi connectivity index (χ1v) is 7.26. The molecule has 3 heteroatoms. The second-order valence-electron chi connectivity index (χ2n) is 3.29. The summed E-state index contributed by atoms with van der Waals surface area (Å²) in [5.41, 5.74) is 0. The van der Waals surface area contributed by atoms with Crippen LogP contribution in [0, 0.1) is 0 Å². The van der Waals surface area contributed by atoms with Crippen molar-refractivity contribution in [3.8, 4) is 0 Å². The second-order valence-corrected chi connectivity index (χ2v) is 6.61. The summed E-state index contributed by atoms with van der Waals surface area (Å²) in [7, 11) is -1.85. The summed E-state index contributed by atoms with van der Waals surface area (Å²) >= 11 is 0. The fourth-order valence-electron chi connectivity index (χ4n) is 1.15. The van der Waals surface area contributed by atoms with Crippen molar-refractivity contribution in [1.82, 2.24) is 0 Å². The molecule has 0 heterocycles. The summed E-state index contributed by atoms with van der Waals surface area (Å²) in [5, 5.41) is 0. The maximum absolute atomic E-state index is 5.76. The van der Waals surface area contributed by atoms with Crippen LogP contribution in [0.2, 0.25) is 13.1 Å². The molecule has 0 rings (SSSR count). The van der Waals surface area contributed by atoms with Gasteiger partial charge in [0.05, 0.1) is 0 Å². The molecule has 0 spiro atoms. The second kappa shape index (κ2) is 5.51. The smallest absolute Gasteiger partial charge is 0.331 e. The fraction of sp³-hybridized carbons (Fsp3) is 0.778. The average Bonchev–Trinajstić information content (AvgIpc) is 1.85. The van der Waals surface area contributed by atoms with E-state index in [2.05, 4.69) is 26.6 Å². The third kappa shape index (κ3) is 5.52. The van der Waals surface area contributed by atoms with Crippen molar-refractivity contribution in [1.29, 1.82) is 0 Å². The lowest BCUT2D eigenvalue weighted by atomic mass is 10.3. The predicted octanol–water partition coefficient (Wildman–Crippen LogP) is 2.71. The lowest BCUT2D eigenvalue weighted by Crippen LogP contribution is -2.38. The minimum absolute atomic E-state index is 0.232. The average molecular weight is 188 g/mol. The molecule has 0 aliphatic heterocycles. The fourth-order valence-corrected chi connectivity index (χ4v) is 2.98. The molecule has 0 bridgehead atoms. The summed E-state index contributed by atoms with van der Waals surface area (Å²) < 4.78 is 11.3. The van der Waals surface area contributed by atoms with Gasteiger partial charge in [-0.05, 0) is 33.4 Å². The van der Waals surface area contributed by atoms with Gasteiger partial charge in [0.1, 0.15) is 0 Å². The molecule has 1 atom stereocenters. The number of rotatable bonds is 6. The van der Waals surface area contributed by atoms with Gasteiger partial charge in [-0.1, -0.05) is 6.08 Å². The lowest BCUT2D eigenvalue weighted by molar-refractivity contribution is 0.137. The molecule has 0 N–H and O–H groups in total. The molecule has 2 nitrogen and oxygen atoms in total. The third-order valence-corrected chi connectivity index (χ3v) is 3.43. The minimum Gasteiger partial charge on any atom is -0.395 e. The van der Waals surface area contributed by atoms with Gasteiger partial charge in [0, 0.05) is 12.7 Å². The SMILES string of the molecule is C=CCC(C)O[Si](C)(C)OCC. The molecule has 0 aliphatic carbocycles. The number of hydrogen-bond acceptors (Lipinski definition) is 2. The Hall–Kier alpha value is -0.123. The molecule has 0 aromatic carbocycles. The van der Waals surface area contributed by atoms with E-state index < -0.39 is 8.56 Å². The summed E-state index contributed by atoms with van der Waals surface area (Å²) in [6.45, 7) is 12.6. The van der Waals surface area contributed by atoms with Gasteiger partial charge in [-0.25, -0.2) is 0 Å². The Morgan fingerprint density at radius 3 is 2.50 bits per heavy atom. The van der Waals surface area contributed by atoms with Crippen LogP contribution < -0.4 is 0 Å². The van der Waals surface area contributed by atoms with E-state index in [4.69, 9.17) is 8.85 Å². The van der Waals surface area contributed by atoms with Crippen LogP contribution in [-0.2, 0) is 8.85 Å². The molecule has 0 fully saturated rings. The largest absolute Gasteiger partial charge is 0.395 e.